The van der Waals surface area contributed by atoms with Crippen LogP contribution in [0.15, 0.2) is 53.7 Å². The van der Waals surface area contributed by atoms with Gasteiger partial charge in [-0.05, 0) is 41.0 Å². The summed E-state index contributed by atoms with van der Waals surface area (Å²) >= 11 is 0. The van der Waals surface area contributed by atoms with E-state index in [1.807, 2.05) is 0 Å². The van der Waals surface area contributed by atoms with Crippen molar-refractivity contribution < 1.29 is 26.3 Å². The zero-order valence-electron chi connectivity index (χ0n) is 15.2. The Labute approximate surface area is 165 Å². The highest BCUT2D eigenvalue weighted by molar-refractivity contribution is 7.89. The number of halogens is 3. The molecular weight excluding hydrogens is 407 g/mol. The highest BCUT2D eigenvalue weighted by Gasteiger charge is 2.36. The lowest BCUT2D eigenvalue weighted by atomic mass is 10.1. The summed E-state index contributed by atoms with van der Waals surface area (Å²) in [5.41, 5.74) is 1.58. The molecule has 0 spiro atoms. The molecule has 0 bridgehead atoms. The number of methoxy groups -OCH3 is 1. The number of sulfonamides is 1. The maximum atomic E-state index is 13.2. The molecule has 0 amide bonds. The minimum absolute atomic E-state index is 0.00242. The standard InChI is InChI=1S/C19H16F3N3O3S/c1-28-17-7-12(15-8-23-24-9-15)3-5-18(17)29(26,27)25-10-13-2-4-16(19(20,21)22)6-14(13)11-25/h2-9H,10-11H2,1H3,(H,23,24). The molecule has 0 saturated carbocycles. The van der Waals surface area contributed by atoms with E-state index >= 15 is 0 Å². The smallest absolute Gasteiger partial charge is 0.416 e. The average molecular weight is 423 g/mol. The van der Waals surface area contributed by atoms with Crippen LogP contribution < -0.4 is 4.74 Å². The lowest BCUT2D eigenvalue weighted by Crippen LogP contribution is -2.26. The Hall–Kier alpha value is -2.85. The maximum Gasteiger partial charge on any atom is 0.416 e. The Morgan fingerprint density at radius 1 is 1.07 bits per heavy atom. The lowest BCUT2D eigenvalue weighted by Gasteiger charge is -2.18. The number of nitrogens with one attached hydrogen (secondary N) is 1. The number of aromatic amines is 1. The van der Waals surface area contributed by atoms with Crippen molar-refractivity contribution in [2.24, 2.45) is 0 Å². The summed E-state index contributed by atoms with van der Waals surface area (Å²) in [6.07, 6.45) is -1.22. The first-order valence-corrected chi connectivity index (χ1v) is 10.0. The van der Waals surface area contributed by atoms with Crippen LogP contribution in [0.2, 0.25) is 0 Å². The van der Waals surface area contributed by atoms with Gasteiger partial charge in [0.05, 0.1) is 18.9 Å². The zero-order chi connectivity index (χ0) is 20.8. The first-order chi connectivity index (χ1) is 13.7. The summed E-state index contributed by atoms with van der Waals surface area (Å²) in [7, 11) is -2.62. The van der Waals surface area contributed by atoms with Crippen LogP contribution in [-0.4, -0.2) is 30.0 Å². The number of nitrogens with zero attached hydrogens (tertiary/aromatic N) is 2. The zero-order valence-corrected chi connectivity index (χ0v) is 16.0. The van der Waals surface area contributed by atoms with E-state index in [4.69, 9.17) is 4.74 Å². The maximum absolute atomic E-state index is 13.2. The van der Waals surface area contributed by atoms with Gasteiger partial charge in [0.25, 0.3) is 0 Å². The molecule has 29 heavy (non-hydrogen) atoms. The van der Waals surface area contributed by atoms with E-state index in [-0.39, 0.29) is 23.7 Å². The van der Waals surface area contributed by atoms with Crippen LogP contribution in [0.3, 0.4) is 0 Å². The van der Waals surface area contributed by atoms with Crippen LogP contribution in [0.4, 0.5) is 13.2 Å². The first kappa shape index (κ1) is 19.5. The number of hydrogen-bond acceptors (Lipinski definition) is 4. The van der Waals surface area contributed by atoms with Crippen LogP contribution in [0.25, 0.3) is 11.1 Å². The van der Waals surface area contributed by atoms with Crippen molar-refractivity contribution in [1.29, 1.82) is 0 Å². The third kappa shape index (κ3) is 3.49. The van der Waals surface area contributed by atoms with Crippen LogP contribution in [0.5, 0.6) is 5.75 Å². The first-order valence-electron chi connectivity index (χ1n) is 8.56. The number of hydrogen-bond donors (Lipinski definition) is 1. The van der Waals surface area contributed by atoms with Crippen molar-refractivity contribution >= 4 is 10.0 Å². The average Bonchev–Trinajstić information content (AvgIpc) is 3.36. The van der Waals surface area contributed by atoms with Gasteiger partial charge in [-0.15, -0.1) is 0 Å². The molecule has 1 aromatic heterocycles. The van der Waals surface area contributed by atoms with Crippen molar-refractivity contribution in [2.45, 2.75) is 24.2 Å². The van der Waals surface area contributed by atoms with Gasteiger partial charge in [0.15, 0.2) is 0 Å². The van der Waals surface area contributed by atoms with Gasteiger partial charge in [-0.2, -0.15) is 22.6 Å². The fourth-order valence-corrected chi connectivity index (χ4v) is 4.85. The predicted octanol–water partition coefficient (Wildman–Crippen LogP) is 3.81. The van der Waals surface area contributed by atoms with E-state index in [0.717, 1.165) is 22.0 Å². The lowest BCUT2D eigenvalue weighted by molar-refractivity contribution is -0.137. The second kappa shape index (κ2) is 6.89. The number of aromatic nitrogens is 2. The molecule has 1 aliphatic heterocycles. The van der Waals surface area contributed by atoms with Crippen LogP contribution in [0, 0.1) is 0 Å². The normalized spacial score (nSPS) is 14.8. The molecular formula is C19H16F3N3O3S. The molecule has 0 saturated heterocycles. The van der Waals surface area contributed by atoms with Gasteiger partial charge in [-0.3, -0.25) is 5.10 Å². The van der Waals surface area contributed by atoms with Crippen molar-refractivity contribution in [3.8, 4) is 16.9 Å². The number of H-pyrrole nitrogens is 1. The molecule has 0 fully saturated rings. The molecule has 0 atom stereocenters. The Morgan fingerprint density at radius 3 is 2.48 bits per heavy atom. The Kier molecular flexibility index (Phi) is 4.62. The third-order valence-electron chi connectivity index (χ3n) is 4.84. The predicted molar refractivity (Wildman–Crippen MR) is 98.5 cm³/mol. The Bertz CT molecular complexity index is 1160. The number of ether oxygens (including phenoxy) is 1. The quantitative estimate of drug-likeness (QED) is 0.693. The van der Waals surface area contributed by atoms with Crippen molar-refractivity contribution in [2.75, 3.05) is 7.11 Å². The molecule has 0 aliphatic carbocycles. The van der Waals surface area contributed by atoms with Gasteiger partial charge in [0.1, 0.15) is 10.6 Å². The second-order valence-corrected chi connectivity index (χ2v) is 8.51. The highest BCUT2D eigenvalue weighted by Crippen LogP contribution is 2.37. The molecule has 6 nitrogen and oxygen atoms in total. The number of benzene rings is 2. The van der Waals surface area contributed by atoms with Crippen molar-refractivity contribution in [1.82, 2.24) is 14.5 Å². The SMILES string of the molecule is COc1cc(-c2cn[nH]c2)ccc1S(=O)(=O)N1Cc2ccc(C(F)(F)F)cc2C1. The number of alkyl halides is 3. The summed E-state index contributed by atoms with van der Waals surface area (Å²) in [6.45, 7) is -0.128. The summed E-state index contributed by atoms with van der Waals surface area (Å²) in [4.78, 5) is -0.0453. The number of fused-ring (bicyclic) bond motifs is 1. The molecule has 1 N–H and O–H groups in total. The summed E-state index contributed by atoms with van der Waals surface area (Å²) in [6, 6.07) is 7.95. The molecule has 0 radical (unpaired) electrons. The number of rotatable bonds is 4. The summed E-state index contributed by atoms with van der Waals surface area (Å²) in [5.74, 6) is 0.149. The molecule has 0 unspecified atom stereocenters. The minimum Gasteiger partial charge on any atom is -0.495 e. The highest BCUT2D eigenvalue weighted by atomic mass is 32.2. The molecule has 1 aliphatic rings. The van der Waals surface area contributed by atoms with Gasteiger partial charge in [0.2, 0.25) is 10.0 Å². The molecule has 152 valence electrons. The van der Waals surface area contributed by atoms with Crippen molar-refractivity contribution in [3.63, 3.8) is 0 Å². The minimum atomic E-state index is -4.48. The Balaban J connectivity index is 1.67. The van der Waals surface area contributed by atoms with Gasteiger partial charge >= 0.3 is 6.18 Å². The molecule has 2 aromatic carbocycles. The Morgan fingerprint density at radius 2 is 1.83 bits per heavy atom. The van der Waals surface area contributed by atoms with E-state index in [2.05, 4.69) is 10.2 Å². The molecule has 4 rings (SSSR count). The third-order valence-corrected chi connectivity index (χ3v) is 6.67. The topological polar surface area (TPSA) is 75.3 Å². The van der Waals surface area contributed by atoms with Crippen molar-refractivity contribution in [3.05, 3.63) is 65.5 Å². The van der Waals surface area contributed by atoms with E-state index in [0.29, 0.717) is 16.7 Å². The van der Waals surface area contributed by atoms with Crippen LogP contribution in [0.1, 0.15) is 16.7 Å². The summed E-state index contributed by atoms with van der Waals surface area (Å²) in [5, 5.41) is 6.55. The van der Waals surface area contributed by atoms with Gasteiger partial charge in [-0.1, -0.05) is 12.1 Å². The van der Waals surface area contributed by atoms with E-state index in [9.17, 15) is 21.6 Å². The molecule has 2 heterocycles. The summed E-state index contributed by atoms with van der Waals surface area (Å²) < 4.78 is 71.6. The van der Waals surface area contributed by atoms with Gasteiger partial charge < -0.3 is 4.74 Å². The fourth-order valence-electron chi connectivity index (χ4n) is 3.32. The molecule has 10 heteroatoms. The largest absolute Gasteiger partial charge is 0.495 e. The van der Waals surface area contributed by atoms with Crippen LogP contribution in [-0.2, 0) is 29.3 Å². The van der Waals surface area contributed by atoms with E-state index in [1.54, 1.807) is 24.5 Å². The fraction of sp³-hybridized carbons (Fsp3) is 0.211. The van der Waals surface area contributed by atoms with Gasteiger partial charge in [0, 0.05) is 24.8 Å². The monoisotopic (exact) mass is 423 g/mol. The van der Waals surface area contributed by atoms with Crippen LogP contribution >= 0.6 is 0 Å². The molecule has 3 aromatic rings. The van der Waals surface area contributed by atoms with E-state index < -0.39 is 21.8 Å². The van der Waals surface area contributed by atoms with E-state index in [1.165, 1.54) is 19.2 Å². The van der Waals surface area contributed by atoms with Gasteiger partial charge in [-0.25, -0.2) is 8.42 Å². The second-order valence-electron chi connectivity index (χ2n) is 6.61.